The van der Waals surface area contributed by atoms with Crippen molar-refractivity contribution >= 4 is 11.9 Å². The van der Waals surface area contributed by atoms with Crippen LogP contribution in [-0.4, -0.2) is 0 Å². The molecule has 0 saturated heterocycles. The molecule has 1 nitrogen and oxygen atoms in total. The molecule has 13 heavy (non-hydrogen) atoms. The fraction of sp³-hybridized carbons (Fsp3) is 0.0909. The second-order valence-corrected chi connectivity index (χ2v) is 3.54. The van der Waals surface area contributed by atoms with Crippen molar-refractivity contribution in [3.8, 4) is 0 Å². The van der Waals surface area contributed by atoms with Gasteiger partial charge in [-0.15, -0.1) is 0 Å². The minimum Gasteiger partial charge on any atom is -0.324 e. The summed E-state index contributed by atoms with van der Waals surface area (Å²) in [5, 5.41) is 2.11. The largest absolute Gasteiger partial charge is 0.324 e. The number of allylic oxidation sites excluding steroid dienone is 2. The summed E-state index contributed by atoms with van der Waals surface area (Å²) in [6, 6.07) is 10.5. The van der Waals surface area contributed by atoms with Crippen LogP contribution in [0.5, 0.6) is 0 Å². The van der Waals surface area contributed by atoms with Gasteiger partial charge in [-0.05, 0) is 41.0 Å². The Kier molecular flexibility index (Phi) is 2.72. The molecule has 0 bridgehead atoms. The summed E-state index contributed by atoms with van der Waals surface area (Å²) in [4.78, 5) is 0. The standard InChI is InChI=1S/C11H10NS/c1-2-4-10(5-3-1)8-11-6-7-12-13-9-11/h1-6,9,12H,8H2. The molecular weight excluding hydrogens is 178 g/mol. The zero-order valence-corrected chi connectivity index (χ0v) is 7.97. The molecule has 0 saturated carbocycles. The van der Waals surface area contributed by atoms with Gasteiger partial charge in [-0.1, -0.05) is 30.3 Å². The molecule has 0 atom stereocenters. The van der Waals surface area contributed by atoms with E-state index in [2.05, 4.69) is 40.6 Å². The SMILES string of the molecule is [C]1=CC(Cc2ccccc2)=CSN1. The van der Waals surface area contributed by atoms with E-state index in [1.165, 1.54) is 11.1 Å². The van der Waals surface area contributed by atoms with Crippen LogP contribution in [0.15, 0.2) is 47.4 Å². The van der Waals surface area contributed by atoms with Gasteiger partial charge in [0.15, 0.2) is 0 Å². The Bertz CT molecular complexity index is 327. The molecule has 2 rings (SSSR count). The lowest BCUT2D eigenvalue weighted by Gasteiger charge is -2.06. The van der Waals surface area contributed by atoms with Gasteiger partial charge in [0, 0.05) is 0 Å². The third-order valence-corrected chi connectivity index (χ3v) is 2.49. The maximum absolute atomic E-state index is 2.97. The van der Waals surface area contributed by atoms with Crippen LogP contribution in [0.3, 0.4) is 0 Å². The van der Waals surface area contributed by atoms with Gasteiger partial charge in [0.25, 0.3) is 0 Å². The Morgan fingerprint density at radius 1 is 1.23 bits per heavy atom. The van der Waals surface area contributed by atoms with Crippen molar-refractivity contribution in [1.82, 2.24) is 4.72 Å². The molecule has 1 aliphatic rings. The summed E-state index contributed by atoms with van der Waals surface area (Å²) in [6.07, 6.45) is 5.95. The average Bonchev–Trinajstić information content (AvgIpc) is 2.21. The topological polar surface area (TPSA) is 12.0 Å². The average molecular weight is 188 g/mol. The first-order chi connectivity index (χ1) is 6.45. The van der Waals surface area contributed by atoms with Crippen molar-refractivity contribution in [2.75, 3.05) is 0 Å². The number of hydrogen-bond acceptors (Lipinski definition) is 2. The van der Waals surface area contributed by atoms with E-state index in [9.17, 15) is 0 Å². The van der Waals surface area contributed by atoms with E-state index in [4.69, 9.17) is 0 Å². The van der Waals surface area contributed by atoms with Crippen molar-refractivity contribution in [2.45, 2.75) is 6.42 Å². The summed E-state index contributed by atoms with van der Waals surface area (Å²) in [5.41, 5.74) is 2.64. The van der Waals surface area contributed by atoms with Crippen molar-refractivity contribution in [3.63, 3.8) is 0 Å². The first-order valence-electron chi connectivity index (χ1n) is 4.17. The van der Waals surface area contributed by atoms with Gasteiger partial charge in [0.05, 0.1) is 6.20 Å². The molecular formula is C11H10NS. The summed E-state index contributed by atoms with van der Waals surface area (Å²) >= 11 is 1.57. The third-order valence-electron chi connectivity index (χ3n) is 1.84. The second kappa shape index (κ2) is 4.19. The molecule has 1 aromatic carbocycles. The number of nitrogens with one attached hydrogen (secondary N) is 1. The van der Waals surface area contributed by atoms with E-state index in [0.717, 1.165) is 6.42 Å². The molecule has 2 heteroatoms. The highest BCUT2D eigenvalue weighted by Gasteiger charge is 1.98. The molecule has 0 spiro atoms. The van der Waals surface area contributed by atoms with Crippen LogP contribution in [0.2, 0.25) is 0 Å². The lowest BCUT2D eigenvalue weighted by molar-refractivity contribution is 1.18. The predicted octanol–water partition coefficient (Wildman–Crippen LogP) is 2.68. The number of hydrogen-bond donors (Lipinski definition) is 1. The van der Waals surface area contributed by atoms with Crippen molar-refractivity contribution in [1.29, 1.82) is 0 Å². The van der Waals surface area contributed by atoms with Gasteiger partial charge in [-0.2, -0.15) is 0 Å². The van der Waals surface area contributed by atoms with Crippen molar-refractivity contribution < 1.29 is 0 Å². The third kappa shape index (κ3) is 2.39. The molecule has 0 fully saturated rings. The molecule has 65 valence electrons. The van der Waals surface area contributed by atoms with Gasteiger partial charge in [0.2, 0.25) is 0 Å². The highest BCUT2D eigenvalue weighted by Crippen LogP contribution is 2.15. The van der Waals surface area contributed by atoms with E-state index in [1.807, 2.05) is 12.1 Å². The van der Waals surface area contributed by atoms with E-state index < -0.39 is 0 Å². The molecule has 1 N–H and O–H groups in total. The van der Waals surface area contributed by atoms with Gasteiger partial charge in [-0.25, -0.2) is 0 Å². The van der Waals surface area contributed by atoms with E-state index in [0.29, 0.717) is 0 Å². The summed E-state index contributed by atoms with van der Waals surface area (Å²) < 4.78 is 2.94. The van der Waals surface area contributed by atoms with Crippen LogP contribution >= 0.6 is 11.9 Å². The second-order valence-electron chi connectivity index (χ2n) is 2.86. The molecule has 0 unspecified atom stereocenters. The Morgan fingerprint density at radius 3 is 2.77 bits per heavy atom. The van der Waals surface area contributed by atoms with Gasteiger partial charge < -0.3 is 4.72 Å². The summed E-state index contributed by atoms with van der Waals surface area (Å²) in [7, 11) is 0. The number of rotatable bonds is 2. The maximum Gasteiger partial charge on any atom is 0.0689 e. The highest BCUT2D eigenvalue weighted by atomic mass is 32.2. The highest BCUT2D eigenvalue weighted by molar-refractivity contribution is 8.00. The fourth-order valence-electron chi connectivity index (χ4n) is 1.22. The molecule has 1 radical (unpaired) electrons. The van der Waals surface area contributed by atoms with Crippen LogP contribution < -0.4 is 4.72 Å². The smallest absolute Gasteiger partial charge is 0.0689 e. The first-order valence-corrected chi connectivity index (χ1v) is 5.05. The molecule has 0 aliphatic carbocycles. The molecule has 0 amide bonds. The monoisotopic (exact) mass is 188 g/mol. The normalized spacial score (nSPS) is 14.9. The zero-order valence-electron chi connectivity index (χ0n) is 7.16. The van der Waals surface area contributed by atoms with E-state index >= 15 is 0 Å². The Morgan fingerprint density at radius 2 is 2.08 bits per heavy atom. The van der Waals surface area contributed by atoms with Gasteiger partial charge in [0.1, 0.15) is 0 Å². The predicted molar refractivity (Wildman–Crippen MR) is 56.8 cm³/mol. The molecule has 1 aliphatic heterocycles. The molecule has 1 heterocycles. The Balaban J connectivity index is 2.06. The van der Waals surface area contributed by atoms with Gasteiger partial charge in [-0.3, -0.25) is 0 Å². The van der Waals surface area contributed by atoms with E-state index in [1.54, 1.807) is 11.9 Å². The maximum atomic E-state index is 2.97. The van der Waals surface area contributed by atoms with Crippen molar-refractivity contribution in [2.24, 2.45) is 0 Å². The number of benzene rings is 1. The van der Waals surface area contributed by atoms with Crippen LogP contribution in [-0.2, 0) is 6.42 Å². The Labute approximate surface area is 82.7 Å². The van der Waals surface area contributed by atoms with Crippen LogP contribution in [0.25, 0.3) is 0 Å². The minimum absolute atomic E-state index is 0.989. The summed E-state index contributed by atoms with van der Waals surface area (Å²) in [6.45, 7) is 0. The first kappa shape index (κ1) is 8.45. The van der Waals surface area contributed by atoms with Crippen LogP contribution in [0.1, 0.15) is 5.56 Å². The van der Waals surface area contributed by atoms with Crippen molar-refractivity contribution in [3.05, 3.63) is 59.2 Å². The van der Waals surface area contributed by atoms with Crippen LogP contribution in [0, 0.1) is 6.20 Å². The molecule has 0 aromatic heterocycles. The van der Waals surface area contributed by atoms with Gasteiger partial charge >= 0.3 is 0 Å². The van der Waals surface area contributed by atoms with E-state index in [-0.39, 0.29) is 0 Å². The quantitative estimate of drug-likeness (QED) is 0.716. The Hall–Kier alpha value is -1.15. The van der Waals surface area contributed by atoms with Crippen LogP contribution in [0.4, 0.5) is 0 Å². The minimum atomic E-state index is 0.989. The summed E-state index contributed by atoms with van der Waals surface area (Å²) in [5.74, 6) is 0. The lowest BCUT2D eigenvalue weighted by Crippen LogP contribution is -1.97. The molecule has 1 aromatic rings. The zero-order chi connectivity index (χ0) is 8.93. The fourth-order valence-corrected chi connectivity index (χ4v) is 1.71. The lowest BCUT2D eigenvalue weighted by atomic mass is 10.1.